The minimum atomic E-state index is 0.696. The molecule has 1 atom stereocenters. The SMILES string of the molecule is C=C(C)/C=C\C(C)CC.CC.CC.CC. The lowest BCUT2D eigenvalue weighted by atomic mass is 10.1. The van der Waals surface area contributed by atoms with Crippen molar-refractivity contribution in [3.05, 3.63) is 24.3 Å². The van der Waals surface area contributed by atoms with Crippen LogP contribution in [0.15, 0.2) is 24.3 Å². The predicted octanol–water partition coefficient (Wildman–Crippen LogP) is 6.24. The van der Waals surface area contributed by atoms with Gasteiger partial charge in [0.2, 0.25) is 0 Å². The van der Waals surface area contributed by atoms with Gasteiger partial charge in [0.15, 0.2) is 0 Å². The molecule has 0 saturated heterocycles. The minimum absolute atomic E-state index is 0.696. The highest BCUT2D eigenvalue weighted by molar-refractivity contribution is 5.11. The van der Waals surface area contributed by atoms with Crippen molar-refractivity contribution in [3.63, 3.8) is 0 Å². The Morgan fingerprint density at radius 3 is 1.60 bits per heavy atom. The maximum absolute atomic E-state index is 3.77. The van der Waals surface area contributed by atoms with Crippen molar-refractivity contribution in [2.75, 3.05) is 0 Å². The van der Waals surface area contributed by atoms with Gasteiger partial charge in [-0.25, -0.2) is 0 Å². The van der Waals surface area contributed by atoms with Crippen LogP contribution in [0.3, 0.4) is 0 Å². The van der Waals surface area contributed by atoms with Crippen LogP contribution in [0.4, 0.5) is 0 Å². The maximum Gasteiger partial charge on any atom is -0.0261 e. The first kappa shape index (κ1) is 24.0. The normalized spacial score (nSPS) is 9.67. The average molecular weight is 214 g/mol. The van der Waals surface area contributed by atoms with Gasteiger partial charge in [-0.3, -0.25) is 0 Å². The molecule has 0 nitrogen and oxygen atoms in total. The van der Waals surface area contributed by atoms with Crippen molar-refractivity contribution in [1.29, 1.82) is 0 Å². The van der Waals surface area contributed by atoms with Crippen LogP contribution in [0.5, 0.6) is 0 Å². The van der Waals surface area contributed by atoms with E-state index in [1.807, 2.05) is 48.5 Å². The van der Waals surface area contributed by atoms with E-state index >= 15 is 0 Å². The van der Waals surface area contributed by atoms with Crippen molar-refractivity contribution in [1.82, 2.24) is 0 Å². The van der Waals surface area contributed by atoms with Crippen LogP contribution in [0.2, 0.25) is 0 Å². The van der Waals surface area contributed by atoms with Crippen LogP contribution in [0, 0.1) is 5.92 Å². The first-order valence-corrected chi connectivity index (χ1v) is 6.50. The van der Waals surface area contributed by atoms with Crippen molar-refractivity contribution in [2.24, 2.45) is 5.92 Å². The molecule has 0 bridgehead atoms. The van der Waals surface area contributed by atoms with Gasteiger partial charge in [-0.05, 0) is 12.8 Å². The summed E-state index contributed by atoms with van der Waals surface area (Å²) in [4.78, 5) is 0. The van der Waals surface area contributed by atoms with Crippen LogP contribution in [-0.4, -0.2) is 0 Å². The summed E-state index contributed by atoms with van der Waals surface area (Å²) in [5, 5.41) is 0. The summed E-state index contributed by atoms with van der Waals surface area (Å²) in [5.74, 6) is 0.696. The second-order valence-electron chi connectivity index (χ2n) is 2.59. The van der Waals surface area contributed by atoms with Crippen LogP contribution in [-0.2, 0) is 0 Å². The van der Waals surface area contributed by atoms with E-state index in [-0.39, 0.29) is 0 Å². The zero-order valence-corrected chi connectivity index (χ0v) is 12.6. The zero-order valence-electron chi connectivity index (χ0n) is 12.6. The summed E-state index contributed by atoms with van der Waals surface area (Å²) in [6.45, 7) is 22.2. The fraction of sp³-hybridized carbons (Fsp3) is 0.733. The Balaban J connectivity index is -0.0000000860. The Bertz CT molecular complexity index is 109. The molecule has 0 radical (unpaired) electrons. The van der Waals surface area contributed by atoms with Gasteiger partial charge < -0.3 is 0 Å². The summed E-state index contributed by atoms with van der Waals surface area (Å²) >= 11 is 0. The lowest BCUT2D eigenvalue weighted by Crippen LogP contribution is -1.83. The number of rotatable bonds is 3. The Morgan fingerprint density at radius 2 is 1.40 bits per heavy atom. The first-order valence-electron chi connectivity index (χ1n) is 6.50. The van der Waals surface area contributed by atoms with Crippen molar-refractivity contribution >= 4 is 0 Å². The molecule has 0 heterocycles. The van der Waals surface area contributed by atoms with Gasteiger partial charge in [0, 0.05) is 0 Å². The molecule has 0 amide bonds. The molecule has 0 aliphatic heterocycles. The van der Waals surface area contributed by atoms with Gasteiger partial charge in [0.25, 0.3) is 0 Å². The molecule has 0 aromatic heterocycles. The first-order chi connectivity index (χ1) is 7.16. The third kappa shape index (κ3) is 42.3. The molecule has 0 aromatic rings. The summed E-state index contributed by atoms with van der Waals surface area (Å²) in [7, 11) is 0. The Kier molecular flexibility index (Phi) is 46.6. The van der Waals surface area contributed by atoms with Crippen LogP contribution in [0.25, 0.3) is 0 Å². The Labute approximate surface area is 99.5 Å². The van der Waals surface area contributed by atoms with Gasteiger partial charge >= 0.3 is 0 Å². The van der Waals surface area contributed by atoms with E-state index < -0.39 is 0 Å². The summed E-state index contributed by atoms with van der Waals surface area (Å²) in [6.07, 6.45) is 5.49. The zero-order chi connectivity index (χ0) is 13.3. The molecular formula is C15H34. The van der Waals surface area contributed by atoms with Gasteiger partial charge in [0.1, 0.15) is 0 Å². The summed E-state index contributed by atoms with van der Waals surface area (Å²) in [5.41, 5.74) is 1.13. The minimum Gasteiger partial charge on any atom is -0.0961 e. The summed E-state index contributed by atoms with van der Waals surface area (Å²) in [6, 6.07) is 0. The fourth-order valence-electron chi connectivity index (χ4n) is 0.465. The molecule has 0 rings (SSSR count). The largest absolute Gasteiger partial charge is 0.0961 e. The molecule has 0 heteroatoms. The van der Waals surface area contributed by atoms with E-state index in [0.717, 1.165) is 5.57 Å². The van der Waals surface area contributed by atoms with Gasteiger partial charge in [-0.2, -0.15) is 0 Å². The fourth-order valence-corrected chi connectivity index (χ4v) is 0.465. The van der Waals surface area contributed by atoms with Crippen LogP contribution < -0.4 is 0 Å². The highest BCUT2D eigenvalue weighted by Gasteiger charge is 1.88. The molecule has 94 valence electrons. The topological polar surface area (TPSA) is 0 Å². The smallest absolute Gasteiger partial charge is 0.0261 e. The van der Waals surface area contributed by atoms with Crippen LogP contribution >= 0.6 is 0 Å². The number of hydrogen-bond acceptors (Lipinski definition) is 0. The highest BCUT2D eigenvalue weighted by atomic mass is 13.9. The summed E-state index contributed by atoms with van der Waals surface area (Å²) < 4.78 is 0. The van der Waals surface area contributed by atoms with E-state index in [0.29, 0.717) is 5.92 Å². The second-order valence-corrected chi connectivity index (χ2v) is 2.59. The van der Waals surface area contributed by atoms with Gasteiger partial charge in [-0.15, -0.1) is 0 Å². The third-order valence-corrected chi connectivity index (χ3v) is 1.35. The van der Waals surface area contributed by atoms with E-state index in [1.54, 1.807) is 0 Å². The predicted molar refractivity (Wildman–Crippen MR) is 77.5 cm³/mol. The molecule has 0 saturated carbocycles. The molecule has 0 aromatic carbocycles. The quantitative estimate of drug-likeness (QED) is 0.488. The van der Waals surface area contributed by atoms with Crippen molar-refractivity contribution in [3.8, 4) is 0 Å². The molecule has 15 heavy (non-hydrogen) atoms. The molecular weight excluding hydrogens is 180 g/mol. The lowest BCUT2D eigenvalue weighted by Gasteiger charge is -1.97. The third-order valence-electron chi connectivity index (χ3n) is 1.35. The molecule has 0 spiro atoms. The van der Waals surface area contributed by atoms with E-state index in [1.165, 1.54) is 6.42 Å². The van der Waals surface area contributed by atoms with Gasteiger partial charge in [0.05, 0.1) is 0 Å². The average Bonchev–Trinajstić information content (AvgIpc) is 2.33. The molecule has 1 unspecified atom stereocenters. The monoisotopic (exact) mass is 214 g/mol. The molecule has 0 fully saturated rings. The molecule has 0 aliphatic rings. The van der Waals surface area contributed by atoms with Crippen LogP contribution in [0.1, 0.15) is 68.7 Å². The standard InChI is InChI=1S/C9H16.3C2H6/c1-5-9(4)7-6-8(2)3;3*1-2/h6-7,9H,2,5H2,1,3-4H3;3*1-2H3/b7-6-;;;. The number of allylic oxidation sites excluding steroid dienone is 3. The number of hydrogen-bond donors (Lipinski definition) is 0. The van der Waals surface area contributed by atoms with Crippen molar-refractivity contribution in [2.45, 2.75) is 68.7 Å². The lowest BCUT2D eigenvalue weighted by molar-refractivity contribution is 0.698. The second kappa shape index (κ2) is 29.2. The highest BCUT2D eigenvalue weighted by Crippen LogP contribution is 2.03. The maximum atomic E-state index is 3.77. The molecule has 0 N–H and O–H groups in total. The van der Waals surface area contributed by atoms with Gasteiger partial charge in [-0.1, -0.05) is 86.1 Å². The van der Waals surface area contributed by atoms with E-state index in [9.17, 15) is 0 Å². The Hall–Kier alpha value is -0.520. The van der Waals surface area contributed by atoms with Crippen molar-refractivity contribution < 1.29 is 0 Å². The van der Waals surface area contributed by atoms with E-state index in [4.69, 9.17) is 0 Å². The Morgan fingerprint density at radius 1 is 1.07 bits per heavy atom. The molecule has 0 aliphatic carbocycles. The van der Waals surface area contributed by atoms with E-state index in [2.05, 4.69) is 32.6 Å².